The highest BCUT2D eigenvalue weighted by atomic mass is 35.5. The van der Waals surface area contributed by atoms with E-state index in [2.05, 4.69) is 36.3 Å². The van der Waals surface area contributed by atoms with Crippen molar-refractivity contribution >= 4 is 22.9 Å². The van der Waals surface area contributed by atoms with Crippen molar-refractivity contribution < 1.29 is 0 Å². The van der Waals surface area contributed by atoms with Gasteiger partial charge in [-0.05, 0) is 24.6 Å². The second kappa shape index (κ2) is 6.32. The van der Waals surface area contributed by atoms with Crippen LogP contribution in [0, 0.1) is 0 Å². The molecule has 0 fully saturated rings. The quantitative estimate of drug-likeness (QED) is 0.886. The summed E-state index contributed by atoms with van der Waals surface area (Å²) in [5, 5.41) is 7.52. The summed E-state index contributed by atoms with van der Waals surface area (Å²) in [6, 6.07) is 8.31. The lowest BCUT2D eigenvalue weighted by Gasteiger charge is -2.17. The number of nitrogens with zero attached hydrogens (tertiary/aromatic N) is 1. The lowest BCUT2D eigenvalue weighted by Crippen LogP contribution is -2.23. The van der Waals surface area contributed by atoms with E-state index in [9.17, 15) is 0 Å². The maximum absolute atomic E-state index is 5.88. The van der Waals surface area contributed by atoms with Gasteiger partial charge in [-0.25, -0.2) is 4.98 Å². The third-order valence-corrected chi connectivity index (χ3v) is 4.23. The molecule has 18 heavy (non-hydrogen) atoms. The molecular weight excluding hydrogens is 264 g/mol. The molecule has 0 bridgehead atoms. The van der Waals surface area contributed by atoms with Crippen LogP contribution in [-0.4, -0.2) is 11.5 Å². The molecule has 0 amide bonds. The summed E-state index contributed by atoms with van der Waals surface area (Å²) in [4.78, 5) is 4.34. The summed E-state index contributed by atoms with van der Waals surface area (Å²) in [6.07, 6.45) is 1.86. The predicted octanol–water partition coefficient (Wildman–Crippen LogP) is 4.25. The lowest BCUT2D eigenvalue weighted by atomic mass is 10.1. The Kier molecular flexibility index (Phi) is 4.75. The lowest BCUT2D eigenvalue weighted by molar-refractivity contribution is 0.536. The molecular formula is C14H17ClN2S. The Hall–Kier alpha value is -0.900. The van der Waals surface area contributed by atoms with Crippen molar-refractivity contribution in [2.24, 2.45) is 0 Å². The van der Waals surface area contributed by atoms with Crippen LogP contribution in [0.3, 0.4) is 0 Å². The summed E-state index contributed by atoms with van der Waals surface area (Å²) in [5.41, 5.74) is 1.26. The van der Waals surface area contributed by atoms with Crippen LogP contribution < -0.4 is 5.32 Å². The third kappa shape index (κ3) is 3.55. The van der Waals surface area contributed by atoms with Crippen molar-refractivity contribution in [1.82, 2.24) is 10.3 Å². The predicted molar refractivity (Wildman–Crippen MR) is 78.4 cm³/mol. The SMILES string of the molecule is CC(CNC(C)c1ccc(Cl)cc1)c1nccs1. The van der Waals surface area contributed by atoms with Crippen molar-refractivity contribution in [3.05, 3.63) is 51.4 Å². The molecule has 1 heterocycles. The fraction of sp³-hybridized carbons (Fsp3) is 0.357. The molecule has 1 N–H and O–H groups in total. The van der Waals surface area contributed by atoms with E-state index in [1.165, 1.54) is 10.6 Å². The molecule has 0 aliphatic heterocycles. The van der Waals surface area contributed by atoms with Gasteiger partial charge in [0, 0.05) is 35.1 Å². The normalized spacial score (nSPS) is 14.4. The van der Waals surface area contributed by atoms with Crippen molar-refractivity contribution in [2.45, 2.75) is 25.8 Å². The van der Waals surface area contributed by atoms with Crippen LogP contribution in [-0.2, 0) is 0 Å². The van der Waals surface area contributed by atoms with Gasteiger partial charge in [0.2, 0.25) is 0 Å². The smallest absolute Gasteiger partial charge is 0.0965 e. The molecule has 2 unspecified atom stereocenters. The monoisotopic (exact) mass is 280 g/mol. The molecule has 96 valence electrons. The van der Waals surface area contributed by atoms with E-state index in [0.717, 1.165) is 11.6 Å². The first-order valence-corrected chi connectivity index (χ1v) is 7.31. The molecule has 1 aromatic heterocycles. The number of halogens is 1. The second-order valence-corrected chi connectivity index (χ2v) is 5.82. The van der Waals surface area contributed by atoms with E-state index >= 15 is 0 Å². The minimum absolute atomic E-state index is 0.324. The Bertz CT molecular complexity index is 467. The Balaban J connectivity index is 1.88. The molecule has 0 radical (unpaired) electrons. The number of benzene rings is 1. The zero-order chi connectivity index (χ0) is 13.0. The minimum atomic E-state index is 0.324. The van der Waals surface area contributed by atoms with Crippen molar-refractivity contribution in [3.63, 3.8) is 0 Å². The molecule has 1 aromatic carbocycles. The number of rotatable bonds is 5. The van der Waals surface area contributed by atoms with Crippen molar-refractivity contribution in [1.29, 1.82) is 0 Å². The zero-order valence-corrected chi connectivity index (χ0v) is 12.1. The number of thiazole rings is 1. The third-order valence-electron chi connectivity index (χ3n) is 2.97. The second-order valence-electron chi connectivity index (χ2n) is 4.45. The molecule has 0 aliphatic carbocycles. The average Bonchev–Trinajstić information content (AvgIpc) is 2.90. The number of nitrogens with one attached hydrogen (secondary N) is 1. The molecule has 0 saturated heterocycles. The minimum Gasteiger partial charge on any atom is -0.310 e. The largest absolute Gasteiger partial charge is 0.310 e. The molecule has 0 saturated carbocycles. The van der Waals surface area contributed by atoms with Crippen molar-refractivity contribution in [2.75, 3.05) is 6.54 Å². The maximum atomic E-state index is 5.88. The molecule has 4 heteroatoms. The van der Waals surface area contributed by atoms with Gasteiger partial charge in [-0.15, -0.1) is 11.3 Å². The van der Waals surface area contributed by atoms with Crippen LogP contribution in [0.2, 0.25) is 5.02 Å². The van der Waals surface area contributed by atoms with E-state index in [-0.39, 0.29) is 0 Å². The molecule has 0 spiro atoms. The van der Waals surface area contributed by atoms with Gasteiger partial charge >= 0.3 is 0 Å². The summed E-state index contributed by atoms with van der Waals surface area (Å²) in [7, 11) is 0. The number of hydrogen-bond acceptors (Lipinski definition) is 3. The van der Waals surface area contributed by atoms with Crippen LogP contribution in [0.4, 0.5) is 0 Å². The summed E-state index contributed by atoms with van der Waals surface area (Å²) < 4.78 is 0. The summed E-state index contributed by atoms with van der Waals surface area (Å²) in [6.45, 7) is 5.29. The standard InChI is InChI=1S/C14H17ClN2S/c1-10(14-16-7-8-18-14)9-17-11(2)12-3-5-13(15)6-4-12/h3-8,10-11,17H,9H2,1-2H3. The molecule has 2 atom stereocenters. The van der Waals surface area contributed by atoms with E-state index in [1.54, 1.807) is 11.3 Å². The Labute approximate surface area is 117 Å². The van der Waals surface area contributed by atoms with Gasteiger partial charge in [0.1, 0.15) is 0 Å². The Morgan fingerprint density at radius 1 is 1.28 bits per heavy atom. The van der Waals surface area contributed by atoms with Gasteiger partial charge in [0.05, 0.1) is 5.01 Å². The molecule has 0 aliphatic rings. The van der Waals surface area contributed by atoms with Crippen LogP contribution in [0.5, 0.6) is 0 Å². The van der Waals surface area contributed by atoms with Crippen LogP contribution in [0.1, 0.15) is 36.4 Å². The van der Waals surface area contributed by atoms with E-state index < -0.39 is 0 Å². The molecule has 2 rings (SSSR count). The highest BCUT2D eigenvalue weighted by molar-refractivity contribution is 7.09. The van der Waals surface area contributed by atoms with Gasteiger partial charge < -0.3 is 5.32 Å². The Morgan fingerprint density at radius 2 is 2.00 bits per heavy atom. The van der Waals surface area contributed by atoms with E-state index in [1.807, 2.05) is 23.7 Å². The highest BCUT2D eigenvalue weighted by Crippen LogP contribution is 2.19. The first-order valence-electron chi connectivity index (χ1n) is 6.05. The summed E-state index contributed by atoms with van der Waals surface area (Å²) in [5.74, 6) is 0.444. The zero-order valence-electron chi connectivity index (χ0n) is 10.6. The van der Waals surface area contributed by atoms with Gasteiger partial charge in [-0.3, -0.25) is 0 Å². The molecule has 2 aromatic rings. The number of hydrogen-bond donors (Lipinski definition) is 1. The van der Waals surface area contributed by atoms with Crippen LogP contribution in [0.25, 0.3) is 0 Å². The van der Waals surface area contributed by atoms with Crippen LogP contribution >= 0.6 is 22.9 Å². The maximum Gasteiger partial charge on any atom is 0.0965 e. The van der Waals surface area contributed by atoms with E-state index in [0.29, 0.717) is 12.0 Å². The Morgan fingerprint density at radius 3 is 2.61 bits per heavy atom. The van der Waals surface area contributed by atoms with Gasteiger partial charge in [0.25, 0.3) is 0 Å². The topological polar surface area (TPSA) is 24.9 Å². The first kappa shape index (κ1) is 13.5. The molecule has 2 nitrogen and oxygen atoms in total. The highest BCUT2D eigenvalue weighted by Gasteiger charge is 2.10. The van der Waals surface area contributed by atoms with Crippen molar-refractivity contribution in [3.8, 4) is 0 Å². The van der Waals surface area contributed by atoms with Crippen LogP contribution in [0.15, 0.2) is 35.8 Å². The average molecular weight is 281 g/mol. The fourth-order valence-electron chi connectivity index (χ4n) is 1.79. The van der Waals surface area contributed by atoms with Gasteiger partial charge in [0.15, 0.2) is 0 Å². The fourth-order valence-corrected chi connectivity index (χ4v) is 2.61. The van der Waals surface area contributed by atoms with Gasteiger partial charge in [-0.1, -0.05) is 30.7 Å². The van der Waals surface area contributed by atoms with E-state index in [4.69, 9.17) is 11.6 Å². The first-order chi connectivity index (χ1) is 8.66. The number of aromatic nitrogens is 1. The summed E-state index contributed by atoms with van der Waals surface area (Å²) >= 11 is 7.60. The van der Waals surface area contributed by atoms with Gasteiger partial charge in [-0.2, -0.15) is 0 Å².